The number of nitrogens with one attached hydrogen (secondary N) is 1. The van der Waals surface area contributed by atoms with E-state index in [2.05, 4.69) is 17.1 Å². The molecule has 0 bridgehead atoms. The van der Waals surface area contributed by atoms with Crippen LogP contribution in [0.5, 0.6) is 0 Å². The van der Waals surface area contributed by atoms with Crippen molar-refractivity contribution in [1.29, 1.82) is 0 Å². The van der Waals surface area contributed by atoms with Crippen LogP contribution in [-0.2, 0) is 9.59 Å². The largest absolute Gasteiger partial charge is 0.369 e. The monoisotopic (exact) mass is 310 g/mol. The smallest absolute Gasteiger partial charge is 0.223 e. The molecule has 3 N–H and O–H groups in total. The van der Waals surface area contributed by atoms with E-state index in [1.807, 2.05) is 0 Å². The number of primary amides is 1. The van der Waals surface area contributed by atoms with Crippen LogP contribution in [0.15, 0.2) is 0 Å². The lowest BCUT2D eigenvalue weighted by atomic mass is 9.92. The molecule has 0 aliphatic carbocycles. The van der Waals surface area contributed by atoms with Gasteiger partial charge in [0.05, 0.1) is 6.42 Å². The zero-order valence-electron chi connectivity index (χ0n) is 14.1. The van der Waals surface area contributed by atoms with Gasteiger partial charge >= 0.3 is 0 Å². The molecule has 1 rings (SSSR count). The van der Waals surface area contributed by atoms with E-state index in [1.54, 1.807) is 6.92 Å². The van der Waals surface area contributed by atoms with E-state index in [4.69, 9.17) is 5.73 Å². The first-order valence-electron chi connectivity index (χ1n) is 8.65. The number of likely N-dealkylation sites (tertiary alicyclic amines) is 1. The van der Waals surface area contributed by atoms with E-state index < -0.39 is 0 Å². The zero-order chi connectivity index (χ0) is 16.4. The molecule has 2 amide bonds. The quantitative estimate of drug-likeness (QED) is 0.603. The van der Waals surface area contributed by atoms with Crippen molar-refractivity contribution < 1.29 is 9.59 Å². The second kappa shape index (κ2) is 10.6. The molecule has 1 radical (unpaired) electrons. The molecule has 1 heterocycles. The summed E-state index contributed by atoms with van der Waals surface area (Å²) in [6, 6.07) is 0. The summed E-state index contributed by atoms with van der Waals surface area (Å²) in [6.45, 7) is 8.12. The van der Waals surface area contributed by atoms with Gasteiger partial charge < -0.3 is 16.0 Å². The molecule has 0 spiro atoms. The number of amides is 2. The van der Waals surface area contributed by atoms with E-state index in [1.165, 1.54) is 45.2 Å². The molecular formula is C17H32N3O2. The van der Waals surface area contributed by atoms with Crippen LogP contribution in [0.2, 0.25) is 0 Å². The normalized spacial score (nSPS) is 18.1. The van der Waals surface area contributed by atoms with Gasteiger partial charge in [-0.3, -0.25) is 9.59 Å². The Kier molecular flexibility index (Phi) is 9.13. The minimum atomic E-state index is -0.365. The summed E-state index contributed by atoms with van der Waals surface area (Å²) < 4.78 is 0. The fourth-order valence-corrected chi connectivity index (χ4v) is 2.89. The molecule has 0 aromatic carbocycles. The van der Waals surface area contributed by atoms with Gasteiger partial charge in [-0.1, -0.05) is 26.7 Å². The summed E-state index contributed by atoms with van der Waals surface area (Å²) in [7, 11) is 0. The van der Waals surface area contributed by atoms with Crippen LogP contribution in [-0.4, -0.2) is 42.9 Å². The Hall–Kier alpha value is -1.10. The van der Waals surface area contributed by atoms with E-state index in [9.17, 15) is 9.59 Å². The molecule has 0 saturated carbocycles. The zero-order valence-corrected chi connectivity index (χ0v) is 14.1. The first-order valence-corrected chi connectivity index (χ1v) is 8.65. The second-order valence-electron chi connectivity index (χ2n) is 6.46. The van der Waals surface area contributed by atoms with Crippen molar-refractivity contribution in [2.75, 3.05) is 26.2 Å². The van der Waals surface area contributed by atoms with Crippen molar-refractivity contribution in [3.8, 4) is 0 Å². The van der Waals surface area contributed by atoms with Gasteiger partial charge in [-0.2, -0.15) is 0 Å². The number of piperidine rings is 1. The fraction of sp³-hybridized carbons (Fsp3) is 0.824. The number of carbonyl (C=O) groups excluding carboxylic acids is 2. The van der Waals surface area contributed by atoms with Crippen LogP contribution < -0.4 is 11.1 Å². The van der Waals surface area contributed by atoms with E-state index in [0.717, 1.165) is 18.9 Å². The number of nitrogens with two attached hydrogens (primary N) is 1. The Morgan fingerprint density at radius 3 is 2.64 bits per heavy atom. The number of hydrogen-bond donors (Lipinski definition) is 2. The van der Waals surface area contributed by atoms with Gasteiger partial charge in [0.15, 0.2) is 0 Å². The highest BCUT2D eigenvalue weighted by Crippen LogP contribution is 2.21. The average molecular weight is 310 g/mol. The summed E-state index contributed by atoms with van der Waals surface area (Å²) in [5, 5.41) is 2.87. The molecule has 5 heteroatoms. The standard InChI is InChI=1S/C17H32N3O2/c1-3-5-15-8-12-20(13-9-15)11-4-10-19-16(21)7-6-14(2)17(18)22/h7,14-15H,3-6,8-13H2,1-2H3,(H2,18,22)(H,19,21)/t14-/m0/s1. The first-order chi connectivity index (χ1) is 10.5. The van der Waals surface area contributed by atoms with Crippen molar-refractivity contribution in [2.24, 2.45) is 17.6 Å². The SMILES string of the molecule is CCCC1CCN(CCCNC(=O)[CH]C[C@H](C)C(N)=O)CC1. The lowest BCUT2D eigenvalue weighted by Gasteiger charge is -2.31. The number of hydrogen-bond acceptors (Lipinski definition) is 3. The Bertz CT molecular complexity index is 339. The molecule has 127 valence electrons. The predicted octanol–water partition coefficient (Wildman–Crippen LogP) is 1.72. The highest BCUT2D eigenvalue weighted by Gasteiger charge is 2.18. The van der Waals surface area contributed by atoms with Gasteiger partial charge in [-0.15, -0.1) is 0 Å². The maximum absolute atomic E-state index is 11.6. The predicted molar refractivity (Wildman–Crippen MR) is 89.0 cm³/mol. The molecule has 0 aromatic heterocycles. The van der Waals surface area contributed by atoms with Crippen molar-refractivity contribution in [2.45, 2.75) is 52.4 Å². The Morgan fingerprint density at radius 1 is 1.36 bits per heavy atom. The molecule has 1 aliphatic heterocycles. The molecule has 1 aliphatic rings. The highest BCUT2D eigenvalue weighted by atomic mass is 16.2. The number of carbonyl (C=O) groups is 2. The van der Waals surface area contributed by atoms with Gasteiger partial charge in [0, 0.05) is 12.5 Å². The lowest BCUT2D eigenvalue weighted by Crippen LogP contribution is -2.36. The Morgan fingerprint density at radius 2 is 2.05 bits per heavy atom. The molecule has 5 nitrogen and oxygen atoms in total. The minimum Gasteiger partial charge on any atom is -0.369 e. The molecule has 1 fully saturated rings. The molecule has 0 unspecified atom stereocenters. The van der Waals surface area contributed by atoms with Crippen molar-refractivity contribution in [3.63, 3.8) is 0 Å². The third-order valence-corrected chi connectivity index (χ3v) is 4.50. The van der Waals surface area contributed by atoms with E-state index in [-0.39, 0.29) is 17.7 Å². The van der Waals surface area contributed by atoms with Gasteiger partial charge in [0.25, 0.3) is 0 Å². The van der Waals surface area contributed by atoms with Crippen molar-refractivity contribution in [3.05, 3.63) is 6.42 Å². The summed E-state index contributed by atoms with van der Waals surface area (Å²) in [5.74, 6) is 0.170. The van der Waals surface area contributed by atoms with Gasteiger partial charge in [0.1, 0.15) is 0 Å². The first kappa shape index (κ1) is 18.9. The summed E-state index contributed by atoms with van der Waals surface area (Å²) in [4.78, 5) is 25.0. The second-order valence-corrected chi connectivity index (χ2v) is 6.46. The van der Waals surface area contributed by atoms with Crippen LogP contribution in [0.4, 0.5) is 0 Å². The van der Waals surface area contributed by atoms with Crippen molar-refractivity contribution in [1.82, 2.24) is 10.2 Å². The van der Waals surface area contributed by atoms with Gasteiger partial charge in [-0.05, 0) is 51.2 Å². The van der Waals surface area contributed by atoms with E-state index in [0.29, 0.717) is 13.0 Å². The lowest BCUT2D eigenvalue weighted by molar-refractivity contribution is -0.121. The third kappa shape index (κ3) is 7.78. The minimum absolute atomic E-state index is 0.102. The molecular weight excluding hydrogens is 278 g/mol. The maximum Gasteiger partial charge on any atom is 0.223 e. The van der Waals surface area contributed by atoms with Crippen molar-refractivity contribution >= 4 is 11.8 Å². The summed E-state index contributed by atoms with van der Waals surface area (Å²) in [6.07, 6.45) is 8.20. The number of nitrogens with zero attached hydrogens (tertiary/aromatic N) is 1. The fourth-order valence-electron chi connectivity index (χ4n) is 2.89. The Labute approximate surface area is 135 Å². The Balaban J connectivity index is 2.01. The van der Waals surface area contributed by atoms with Crippen LogP contribution in [0.1, 0.15) is 52.4 Å². The van der Waals surface area contributed by atoms with E-state index >= 15 is 0 Å². The molecule has 22 heavy (non-hydrogen) atoms. The molecule has 1 saturated heterocycles. The topological polar surface area (TPSA) is 75.4 Å². The van der Waals surface area contributed by atoms with Gasteiger partial charge in [-0.25, -0.2) is 0 Å². The summed E-state index contributed by atoms with van der Waals surface area (Å²) in [5.41, 5.74) is 5.16. The average Bonchev–Trinajstić information content (AvgIpc) is 2.51. The van der Waals surface area contributed by atoms with Gasteiger partial charge in [0.2, 0.25) is 11.8 Å². The highest BCUT2D eigenvalue weighted by molar-refractivity contribution is 5.85. The maximum atomic E-state index is 11.6. The molecule has 1 atom stereocenters. The number of rotatable bonds is 10. The van der Waals surface area contributed by atoms with Crippen LogP contribution in [0.3, 0.4) is 0 Å². The van der Waals surface area contributed by atoms with Crippen LogP contribution in [0.25, 0.3) is 0 Å². The molecule has 0 aromatic rings. The third-order valence-electron chi connectivity index (χ3n) is 4.50. The van der Waals surface area contributed by atoms with Crippen LogP contribution in [0, 0.1) is 18.3 Å². The summed E-state index contributed by atoms with van der Waals surface area (Å²) >= 11 is 0. The van der Waals surface area contributed by atoms with Crippen LogP contribution >= 0.6 is 0 Å².